The van der Waals surface area contributed by atoms with Crippen molar-refractivity contribution in [2.45, 2.75) is 6.42 Å². The molecule has 1 heteroatoms. The third-order valence-corrected chi connectivity index (χ3v) is 6.62. The number of nitrogens with zero attached hydrogens (tertiary/aromatic N) is 1. The Bertz CT molecular complexity index is 1600. The van der Waals surface area contributed by atoms with Crippen LogP contribution in [0, 0.1) is 0 Å². The SMILES string of the molecule is c1ccc(-n2c3ccccc3c3c4c(ccc32)Cc2c-4ccc3ccccc23)cc1. The molecule has 0 atom stereocenters. The monoisotopic (exact) mass is 381 g/mol. The van der Waals surface area contributed by atoms with E-state index >= 15 is 0 Å². The molecule has 1 aliphatic rings. The van der Waals surface area contributed by atoms with Gasteiger partial charge in [0.1, 0.15) is 0 Å². The average Bonchev–Trinajstić information content (AvgIpc) is 3.35. The van der Waals surface area contributed by atoms with Gasteiger partial charge in [-0.1, -0.05) is 78.9 Å². The van der Waals surface area contributed by atoms with Crippen molar-refractivity contribution >= 4 is 32.6 Å². The molecule has 0 fully saturated rings. The summed E-state index contributed by atoms with van der Waals surface area (Å²) in [6.45, 7) is 0. The van der Waals surface area contributed by atoms with Gasteiger partial charge in [0.2, 0.25) is 0 Å². The maximum atomic E-state index is 2.41. The van der Waals surface area contributed by atoms with Crippen molar-refractivity contribution < 1.29 is 0 Å². The summed E-state index contributed by atoms with van der Waals surface area (Å²) >= 11 is 0. The summed E-state index contributed by atoms with van der Waals surface area (Å²) in [5, 5.41) is 5.41. The quantitative estimate of drug-likeness (QED) is 0.277. The van der Waals surface area contributed by atoms with E-state index in [9.17, 15) is 0 Å². The van der Waals surface area contributed by atoms with Crippen LogP contribution in [0.3, 0.4) is 0 Å². The third-order valence-electron chi connectivity index (χ3n) is 6.62. The molecule has 0 spiro atoms. The number of rotatable bonds is 1. The Morgan fingerprint density at radius 3 is 2.23 bits per heavy atom. The Hall–Kier alpha value is -3.84. The Morgan fingerprint density at radius 1 is 0.567 bits per heavy atom. The molecular weight excluding hydrogens is 362 g/mol. The standard InChI is InChI=1S/C29H19N/c1-2-9-21(10-3-1)30-26-13-7-6-12-24(26)29-27(30)17-15-20-18-25-22-11-5-4-8-19(22)14-16-23(25)28(20)29/h1-17H,18H2. The lowest BCUT2D eigenvalue weighted by molar-refractivity contribution is 1.18. The first kappa shape index (κ1) is 16.0. The van der Waals surface area contributed by atoms with Gasteiger partial charge in [0.15, 0.2) is 0 Å². The highest BCUT2D eigenvalue weighted by atomic mass is 15.0. The van der Waals surface area contributed by atoms with Gasteiger partial charge in [-0.3, -0.25) is 0 Å². The minimum absolute atomic E-state index is 1.01. The second-order valence-electron chi connectivity index (χ2n) is 8.17. The van der Waals surface area contributed by atoms with Crippen molar-refractivity contribution in [3.63, 3.8) is 0 Å². The Morgan fingerprint density at radius 2 is 1.33 bits per heavy atom. The van der Waals surface area contributed by atoms with Crippen molar-refractivity contribution in [3.8, 4) is 16.8 Å². The van der Waals surface area contributed by atoms with Crippen molar-refractivity contribution in [3.05, 3.63) is 114 Å². The predicted molar refractivity (Wildman–Crippen MR) is 127 cm³/mol. The van der Waals surface area contributed by atoms with Gasteiger partial charge in [-0.25, -0.2) is 0 Å². The van der Waals surface area contributed by atoms with Crippen LogP contribution in [0.5, 0.6) is 0 Å². The van der Waals surface area contributed by atoms with Gasteiger partial charge in [0.25, 0.3) is 0 Å². The Balaban J connectivity index is 1.65. The van der Waals surface area contributed by atoms with Crippen molar-refractivity contribution in [2.75, 3.05) is 0 Å². The fourth-order valence-electron chi connectivity index (χ4n) is 5.36. The van der Waals surface area contributed by atoms with Crippen LogP contribution >= 0.6 is 0 Å². The molecular formula is C29H19N. The van der Waals surface area contributed by atoms with Crippen molar-refractivity contribution in [1.29, 1.82) is 0 Å². The van der Waals surface area contributed by atoms with Crippen LogP contribution in [0.15, 0.2) is 103 Å². The molecule has 0 bridgehead atoms. The molecule has 5 aromatic carbocycles. The molecule has 0 radical (unpaired) electrons. The largest absolute Gasteiger partial charge is 0.309 e. The molecule has 0 amide bonds. The van der Waals surface area contributed by atoms with E-state index in [1.165, 1.54) is 60.5 Å². The first-order chi connectivity index (χ1) is 14.9. The molecule has 1 heterocycles. The maximum absolute atomic E-state index is 2.41. The van der Waals surface area contributed by atoms with Crippen LogP contribution in [-0.4, -0.2) is 4.57 Å². The average molecular weight is 381 g/mol. The van der Waals surface area contributed by atoms with E-state index in [1.54, 1.807) is 0 Å². The number of hydrogen-bond donors (Lipinski definition) is 0. The third kappa shape index (κ3) is 2.02. The summed E-state index contributed by atoms with van der Waals surface area (Å²) in [6.07, 6.45) is 1.01. The van der Waals surface area contributed by atoms with Gasteiger partial charge in [-0.15, -0.1) is 0 Å². The lowest BCUT2D eigenvalue weighted by Crippen LogP contribution is -1.93. The zero-order chi connectivity index (χ0) is 19.7. The highest BCUT2D eigenvalue weighted by Gasteiger charge is 2.25. The summed E-state index contributed by atoms with van der Waals surface area (Å²) in [6, 6.07) is 37.5. The van der Waals surface area contributed by atoms with Crippen molar-refractivity contribution in [1.82, 2.24) is 4.57 Å². The summed E-state index contributed by atoms with van der Waals surface area (Å²) in [5.74, 6) is 0. The normalized spacial score (nSPS) is 12.5. The fourth-order valence-corrected chi connectivity index (χ4v) is 5.36. The van der Waals surface area contributed by atoms with Crippen LogP contribution in [0.1, 0.15) is 11.1 Å². The van der Waals surface area contributed by atoms with Crippen LogP contribution in [-0.2, 0) is 6.42 Å². The summed E-state index contributed by atoms with van der Waals surface area (Å²) in [4.78, 5) is 0. The van der Waals surface area contributed by atoms with Gasteiger partial charge in [0.05, 0.1) is 11.0 Å². The minimum Gasteiger partial charge on any atom is -0.309 e. The van der Waals surface area contributed by atoms with Gasteiger partial charge in [-0.05, 0) is 63.7 Å². The van der Waals surface area contributed by atoms with Crippen LogP contribution in [0.2, 0.25) is 0 Å². The van der Waals surface area contributed by atoms with Crippen LogP contribution in [0.25, 0.3) is 49.4 Å². The van der Waals surface area contributed by atoms with Gasteiger partial charge in [-0.2, -0.15) is 0 Å². The second-order valence-corrected chi connectivity index (χ2v) is 8.17. The highest BCUT2D eigenvalue weighted by Crippen LogP contribution is 2.47. The molecule has 6 aromatic rings. The number of hydrogen-bond acceptors (Lipinski definition) is 0. The molecule has 7 rings (SSSR count). The second kappa shape index (κ2) is 5.84. The summed E-state index contributed by atoms with van der Waals surface area (Å²) in [5.41, 5.74) is 9.46. The number of benzene rings is 5. The highest BCUT2D eigenvalue weighted by molar-refractivity contribution is 6.18. The molecule has 0 saturated heterocycles. The zero-order valence-corrected chi connectivity index (χ0v) is 16.5. The van der Waals surface area contributed by atoms with E-state index in [0.29, 0.717) is 0 Å². The molecule has 1 aromatic heterocycles. The number of fused-ring (bicyclic) bond motifs is 9. The topological polar surface area (TPSA) is 4.93 Å². The molecule has 1 aliphatic carbocycles. The zero-order valence-electron chi connectivity index (χ0n) is 16.5. The lowest BCUT2D eigenvalue weighted by Gasteiger charge is -2.09. The van der Waals surface area contributed by atoms with E-state index in [0.717, 1.165) is 6.42 Å². The van der Waals surface area contributed by atoms with Crippen LogP contribution < -0.4 is 0 Å². The molecule has 0 aliphatic heterocycles. The summed E-state index contributed by atoms with van der Waals surface area (Å²) in [7, 11) is 0. The van der Waals surface area contributed by atoms with Gasteiger partial charge >= 0.3 is 0 Å². The van der Waals surface area contributed by atoms with E-state index in [-0.39, 0.29) is 0 Å². The molecule has 30 heavy (non-hydrogen) atoms. The molecule has 0 saturated carbocycles. The molecule has 140 valence electrons. The first-order valence-electron chi connectivity index (χ1n) is 10.5. The Labute approximate surface area is 174 Å². The number of para-hydroxylation sites is 2. The fraction of sp³-hybridized carbons (Fsp3) is 0.0345. The Kier molecular flexibility index (Phi) is 3.12. The number of aromatic nitrogens is 1. The summed E-state index contributed by atoms with van der Waals surface area (Å²) < 4.78 is 2.41. The van der Waals surface area contributed by atoms with E-state index < -0.39 is 0 Å². The smallest absolute Gasteiger partial charge is 0.0547 e. The maximum Gasteiger partial charge on any atom is 0.0547 e. The minimum atomic E-state index is 1.01. The van der Waals surface area contributed by atoms with E-state index in [4.69, 9.17) is 0 Å². The predicted octanol–water partition coefficient (Wildman–Crippen LogP) is 7.51. The lowest BCUT2D eigenvalue weighted by atomic mass is 9.97. The molecule has 0 unspecified atom stereocenters. The molecule has 1 nitrogen and oxygen atoms in total. The van der Waals surface area contributed by atoms with E-state index in [1.807, 2.05) is 0 Å². The van der Waals surface area contributed by atoms with Gasteiger partial charge in [0, 0.05) is 16.5 Å². The van der Waals surface area contributed by atoms with E-state index in [2.05, 4.69) is 108 Å². The molecule has 0 N–H and O–H groups in total. The van der Waals surface area contributed by atoms with Crippen molar-refractivity contribution in [2.24, 2.45) is 0 Å². The van der Waals surface area contributed by atoms with Gasteiger partial charge < -0.3 is 4.57 Å². The first-order valence-corrected chi connectivity index (χ1v) is 10.5. The van der Waals surface area contributed by atoms with Crippen LogP contribution in [0.4, 0.5) is 0 Å².